The number of hydrogen-bond acceptors (Lipinski definition) is 2. The van der Waals surface area contributed by atoms with Gasteiger partial charge in [0, 0.05) is 18.1 Å². The Balaban J connectivity index is 1.82. The second-order valence-corrected chi connectivity index (χ2v) is 5.85. The summed E-state index contributed by atoms with van der Waals surface area (Å²) in [5.41, 5.74) is 8.46. The van der Waals surface area contributed by atoms with Gasteiger partial charge in [-0.05, 0) is 36.8 Å². The van der Waals surface area contributed by atoms with Crippen molar-refractivity contribution in [3.63, 3.8) is 0 Å². The van der Waals surface area contributed by atoms with Gasteiger partial charge in [0.25, 0.3) is 0 Å². The van der Waals surface area contributed by atoms with Gasteiger partial charge in [-0.3, -0.25) is 4.90 Å². The molecule has 0 radical (unpaired) electrons. The molecule has 0 heterocycles. The average molecular weight is 284 g/mol. The third-order valence-corrected chi connectivity index (χ3v) is 4.34. The maximum Gasteiger partial charge on any atom is 0.401 e. The summed E-state index contributed by atoms with van der Waals surface area (Å²) in [5.74, 6) is 0. The Morgan fingerprint density at radius 3 is 2.50 bits per heavy atom. The van der Waals surface area contributed by atoms with Crippen LogP contribution >= 0.6 is 0 Å². The van der Waals surface area contributed by atoms with Crippen molar-refractivity contribution in [2.24, 2.45) is 5.73 Å². The standard InChI is InChI=1S/C15H19F3N2/c16-15(17,18)9-20(11-6-7-11)13-8-5-10-3-1-2-4-12(10)14(13)19/h1-4,11,13-14H,5-9,19H2. The molecule has 2 nitrogen and oxygen atoms in total. The van der Waals surface area contributed by atoms with E-state index in [9.17, 15) is 13.2 Å². The molecule has 1 aromatic carbocycles. The van der Waals surface area contributed by atoms with E-state index in [0.29, 0.717) is 6.42 Å². The number of aryl methyl sites for hydroxylation is 1. The lowest BCUT2D eigenvalue weighted by atomic mass is 9.83. The van der Waals surface area contributed by atoms with E-state index in [1.165, 1.54) is 5.56 Å². The summed E-state index contributed by atoms with van der Waals surface area (Å²) in [7, 11) is 0. The van der Waals surface area contributed by atoms with Gasteiger partial charge in [0.15, 0.2) is 0 Å². The van der Waals surface area contributed by atoms with Gasteiger partial charge in [-0.1, -0.05) is 24.3 Å². The Kier molecular flexibility index (Phi) is 3.50. The third-order valence-electron chi connectivity index (χ3n) is 4.34. The van der Waals surface area contributed by atoms with Gasteiger partial charge in [0.05, 0.1) is 6.54 Å². The molecule has 0 aliphatic heterocycles. The van der Waals surface area contributed by atoms with Crippen molar-refractivity contribution in [3.05, 3.63) is 35.4 Å². The van der Waals surface area contributed by atoms with Gasteiger partial charge in [-0.15, -0.1) is 0 Å². The third kappa shape index (κ3) is 2.83. The van der Waals surface area contributed by atoms with Crippen LogP contribution in [0.2, 0.25) is 0 Å². The van der Waals surface area contributed by atoms with E-state index in [4.69, 9.17) is 5.73 Å². The zero-order valence-corrected chi connectivity index (χ0v) is 11.2. The number of rotatable bonds is 3. The molecule has 1 fully saturated rings. The van der Waals surface area contributed by atoms with Crippen molar-refractivity contribution in [3.8, 4) is 0 Å². The van der Waals surface area contributed by atoms with Crippen molar-refractivity contribution in [1.82, 2.24) is 4.90 Å². The van der Waals surface area contributed by atoms with Crippen LogP contribution in [0.1, 0.15) is 36.4 Å². The molecule has 20 heavy (non-hydrogen) atoms. The second-order valence-electron chi connectivity index (χ2n) is 5.85. The Labute approximate surface area is 116 Å². The summed E-state index contributed by atoms with van der Waals surface area (Å²) < 4.78 is 38.4. The summed E-state index contributed by atoms with van der Waals surface area (Å²) in [5, 5.41) is 0. The van der Waals surface area contributed by atoms with E-state index >= 15 is 0 Å². The largest absolute Gasteiger partial charge is 0.401 e. The fourth-order valence-corrected chi connectivity index (χ4v) is 3.28. The molecule has 3 rings (SSSR count). The molecule has 1 saturated carbocycles. The van der Waals surface area contributed by atoms with Gasteiger partial charge >= 0.3 is 6.18 Å². The molecule has 0 aromatic heterocycles. The molecule has 2 aliphatic rings. The lowest BCUT2D eigenvalue weighted by Gasteiger charge is -2.40. The Morgan fingerprint density at radius 2 is 1.85 bits per heavy atom. The van der Waals surface area contributed by atoms with E-state index < -0.39 is 12.7 Å². The molecule has 0 bridgehead atoms. The molecule has 0 saturated heterocycles. The van der Waals surface area contributed by atoms with E-state index in [1.807, 2.05) is 24.3 Å². The Bertz CT molecular complexity index is 482. The number of fused-ring (bicyclic) bond motifs is 1. The first-order valence-corrected chi connectivity index (χ1v) is 7.11. The highest BCUT2D eigenvalue weighted by atomic mass is 19.4. The van der Waals surface area contributed by atoms with E-state index in [2.05, 4.69) is 0 Å². The van der Waals surface area contributed by atoms with Gasteiger partial charge in [0.1, 0.15) is 0 Å². The minimum Gasteiger partial charge on any atom is -0.323 e. The van der Waals surface area contributed by atoms with Crippen LogP contribution in [0.4, 0.5) is 13.2 Å². The molecule has 0 amide bonds. The van der Waals surface area contributed by atoms with Crippen LogP contribution in [0.3, 0.4) is 0 Å². The van der Waals surface area contributed by atoms with Crippen molar-refractivity contribution >= 4 is 0 Å². The van der Waals surface area contributed by atoms with Gasteiger partial charge in [-0.25, -0.2) is 0 Å². The highest BCUT2D eigenvalue weighted by Gasteiger charge is 2.44. The highest BCUT2D eigenvalue weighted by molar-refractivity contribution is 5.33. The molecular weight excluding hydrogens is 265 g/mol. The first-order chi connectivity index (χ1) is 9.46. The van der Waals surface area contributed by atoms with Crippen LogP contribution in [0, 0.1) is 0 Å². The van der Waals surface area contributed by atoms with Crippen molar-refractivity contribution in [2.75, 3.05) is 6.54 Å². The van der Waals surface area contributed by atoms with Crippen molar-refractivity contribution in [1.29, 1.82) is 0 Å². The first kappa shape index (κ1) is 13.9. The maximum absolute atomic E-state index is 12.8. The summed E-state index contributed by atoms with van der Waals surface area (Å²) in [6.45, 7) is -0.835. The zero-order valence-electron chi connectivity index (χ0n) is 11.2. The van der Waals surface area contributed by atoms with Crippen LogP contribution in [0.15, 0.2) is 24.3 Å². The summed E-state index contributed by atoms with van der Waals surface area (Å²) in [6.07, 6.45) is -0.901. The van der Waals surface area contributed by atoms with Crippen LogP contribution < -0.4 is 5.73 Å². The minimum atomic E-state index is -4.15. The highest BCUT2D eigenvalue weighted by Crippen LogP contribution is 2.39. The second kappa shape index (κ2) is 5.04. The predicted octanol–water partition coefficient (Wildman–Crippen LogP) is 3.03. The zero-order chi connectivity index (χ0) is 14.3. The molecule has 2 unspecified atom stereocenters. The fourth-order valence-electron chi connectivity index (χ4n) is 3.28. The summed E-state index contributed by atoms with van der Waals surface area (Å²) in [4.78, 5) is 1.60. The molecule has 110 valence electrons. The van der Waals surface area contributed by atoms with E-state index in [0.717, 1.165) is 24.8 Å². The van der Waals surface area contributed by atoms with E-state index in [1.54, 1.807) is 4.90 Å². The van der Waals surface area contributed by atoms with Gasteiger partial charge in [-0.2, -0.15) is 13.2 Å². The minimum absolute atomic E-state index is 0.0675. The molecule has 5 heteroatoms. The molecule has 2 N–H and O–H groups in total. The van der Waals surface area contributed by atoms with Crippen molar-refractivity contribution in [2.45, 2.75) is 50.0 Å². The molecule has 1 aromatic rings. The smallest absolute Gasteiger partial charge is 0.323 e. The number of hydrogen-bond donors (Lipinski definition) is 1. The van der Waals surface area contributed by atoms with Crippen LogP contribution in [0.25, 0.3) is 0 Å². The number of halogens is 3. The quantitative estimate of drug-likeness (QED) is 0.924. The molecular formula is C15H19F3N2. The number of benzene rings is 1. The van der Waals surface area contributed by atoms with Crippen molar-refractivity contribution < 1.29 is 13.2 Å². The normalized spacial score (nSPS) is 26.6. The van der Waals surface area contributed by atoms with Crippen LogP contribution in [0.5, 0.6) is 0 Å². The number of nitrogens with two attached hydrogens (primary N) is 1. The average Bonchev–Trinajstić information content (AvgIpc) is 3.20. The monoisotopic (exact) mass is 284 g/mol. The lowest BCUT2D eigenvalue weighted by molar-refractivity contribution is -0.154. The SMILES string of the molecule is NC1c2ccccc2CCC1N(CC(F)(F)F)C1CC1. The molecule has 2 atom stereocenters. The number of nitrogens with zero attached hydrogens (tertiary/aromatic N) is 1. The predicted molar refractivity (Wildman–Crippen MR) is 71.3 cm³/mol. The topological polar surface area (TPSA) is 29.3 Å². The Hall–Kier alpha value is -1.07. The van der Waals surface area contributed by atoms with Gasteiger partial charge < -0.3 is 5.73 Å². The molecule has 0 spiro atoms. The fraction of sp³-hybridized carbons (Fsp3) is 0.600. The van der Waals surface area contributed by atoms with E-state index in [-0.39, 0.29) is 18.1 Å². The first-order valence-electron chi connectivity index (χ1n) is 7.11. The molecule has 2 aliphatic carbocycles. The van der Waals surface area contributed by atoms with Gasteiger partial charge in [0.2, 0.25) is 0 Å². The van der Waals surface area contributed by atoms with Crippen LogP contribution in [-0.2, 0) is 6.42 Å². The Morgan fingerprint density at radius 1 is 1.15 bits per heavy atom. The maximum atomic E-state index is 12.8. The number of alkyl halides is 3. The lowest BCUT2D eigenvalue weighted by Crippen LogP contribution is -2.49. The van der Waals surface area contributed by atoms with Crippen LogP contribution in [-0.4, -0.2) is 29.7 Å². The summed E-state index contributed by atoms with van der Waals surface area (Å²) in [6, 6.07) is 7.40. The summed E-state index contributed by atoms with van der Waals surface area (Å²) >= 11 is 0.